The van der Waals surface area contributed by atoms with Gasteiger partial charge in [0.15, 0.2) is 0 Å². The molecule has 1 aliphatic heterocycles. The van der Waals surface area contributed by atoms with E-state index in [4.69, 9.17) is 20.9 Å². The van der Waals surface area contributed by atoms with Crippen molar-refractivity contribution in [1.82, 2.24) is 15.0 Å². The van der Waals surface area contributed by atoms with Crippen LogP contribution in [0.15, 0.2) is 28.8 Å². The van der Waals surface area contributed by atoms with Crippen molar-refractivity contribution in [2.45, 2.75) is 6.10 Å². The van der Waals surface area contributed by atoms with Gasteiger partial charge in [-0.05, 0) is 19.2 Å². The van der Waals surface area contributed by atoms with Gasteiger partial charge in [-0.15, -0.1) is 0 Å². The quantitative estimate of drug-likeness (QED) is 0.933. The van der Waals surface area contributed by atoms with Crippen molar-refractivity contribution in [2.75, 3.05) is 38.6 Å². The van der Waals surface area contributed by atoms with Crippen LogP contribution in [0.25, 0.3) is 11.4 Å². The van der Waals surface area contributed by atoms with Crippen molar-refractivity contribution < 1.29 is 9.26 Å². The molecule has 3 rings (SSSR count). The van der Waals surface area contributed by atoms with E-state index in [1.54, 1.807) is 12.1 Å². The monoisotopic (exact) mass is 308 g/mol. The number of aromatic nitrogens is 2. The molecule has 0 bridgehead atoms. The van der Waals surface area contributed by atoms with Crippen LogP contribution in [-0.4, -0.2) is 54.4 Å². The topological polar surface area (TPSA) is 63.4 Å². The van der Waals surface area contributed by atoms with E-state index in [0.29, 0.717) is 23.4 Å². The minimum atomic E-state index is 0.130. The molecular formula is C14H17ClN4O2. The third kappa shape index (κ3) is 3.72. The van der Waals surface area contributed by atoms with Crippen LogP contribution in [-0.2, 0) is 4.74 Å². The molecule has 1 fully saturated rings. The summed E-state index contributed by atoms with van der Waals surface area (Å²) in [6, 6.07) is 7.74. The summed E-state index contributed by atoms with van der Waals surface area (Å²) < 4.78 is 10.9. The summed E-state index contributed by atoms with van der Waals surface area (Å²) in [5, 5.41) is 7.71. The predicted molar refractivity (Wildman–Crippen MR) is 80.5 cm³/mol. The number of morpholine rings is 1. The molecule has 1 aliphatic rings. The molecule has 0 radical (unpaired) electrons. The molecule has 1 N–H and O–H groups in total. The Morgan fingerprint density at radius 3 is 3.19 bits per heavy atom. The van der Waals surface area contributed by atoms with Gasteiger partial charge in [0.25, 0.3) is 0 Å². The number of nitrogens with zero attached hydrogens (tertiary/aromatic N) is 3. The standard InChI is InChI=1S/C14H17ClN4O2/c1-19-5-6-20-12(9-19)8-16-14-17-13(18-21-14)10-3-2-4-11(15)7-10/h2-4,7,12H,5-6,8-9H2,1H3,(H,16,17,18). The third-order valence-electron chi connectivity index (χ3n) is 3.33. The highest BCUT2D eigenvalue weighted by molar-refractivity contribution is 6.30. The van der Waals surface area contributed by atoms with Crippen LogP contribution >= 0.6 is 11.6 Å². The number of likely N-dealkylation sites (N-methyl/N-ethyl adjacent to an activating group) is 1. The number of rotatable bonds is 4. The van der Waals surface area contributed by atoms with Crippen LogP contribution in [0.1, 0.15) is 0 Å². The van der Waals surface area contributed by atoms with E-state index in [2.05, 4.69) is 27.4 Å². The van der Waals surface area contributed by atoms with Gasteiger partial charge < -0.3 is 19.5 Å². The van der Waals surface area contributed by atoms with Gasteiger partial charge in [-0.2, -0.15) is 4.98 Å². The minimum Gasteiger partial charge on any atom is -0.374 e. The van der Waals surface area contributed by atoms with Crippen LogP contribution < -0.4 is 5.32 Å². The minimum absolute atomic E-state index is 0.130. The second kappa shape index (κ2) is 6.43. The van der Waals surface area contributed by atoms with Gasteiger partial charge in [-0.3, -0.25) is 0 Å². The predicted octanol–water partition coefficient (Wildman–Crippen LogP) is 2.13. The normalized spacial score (nSPS) is 19.6. The number of nitrogens with one attached hydrogen (secondary N) is 1. The van der Waals surface area contributed by atoms with E-state index in [9.17, 15) is 0 Å². The third-order valence-corrected chi connectivity index (χ3v) is 3.57. The van der Waals surface area contributed by atoms with Crippen molar-refractivity contribution in [3.05, 3.63) is 29.3 Å². The van der Waals surface area contributed by atoms with E-state index in [-0.39, 0.29) is 6.10 Å². The summed E-state index contributed by atoms with van der Waals surface area (Å²) in [4.78, 5) is 6.55. The van der Waals surface area contributed by atoms with E-state index < -0.39 is 0 Å². The van der Waals surface area contributed by atoms with Crippen LogP contribution in [0.3, 0.4) is 0 Å². The van der Waals surface area contributed by atoms with Gasteiger partial charge in [0.1, 0.15) is 0 Å². The lowest BCUT2D eigenvalue weighted by molar-refractivity contribution is -0.0119. The Bertz CT molecular complexity index is 604. The fourth-order valence-electron chi connectivity index (χ4n) is 2.23. The number of hydrogen-bond donors (Lipinski definition) is 1. The largest absolute Gasteiger partial charge is 0.374 e. The van der Waals surface area contributed by atoms with E-state index >= 15 is 0 Å². The van der Waals surface area contributed by atoms with Crippen LogP contribution in [0.4, 0.5) is 6.01 Å². The molecular weight excluding hydrogens is 292 g/mol. The number of hydrogen-bond acceptors (Lipinski definition) is 6. The fraction of sp³-hybridized carbons (Fsp3) is 0.429. The molecule has 2 heterocycles. The maximum atomic E-state index is 5.95. The Hall–Kier alpha value is -1.63. The Morgan fingerprint density at radius 1 is 1.48 bits per heavy atom. The van der Waals surface area contributed by atoms with Gasteiger partial charge in [-0.1, -0.05) is 28.9 Å². The molecule has 7 heteroatoms. The molecule has 1 aromatic carbocycles. The number of halogens is 1. The first-order valence-electron chi connectivity index (χ1n) is 6.84. The van der Waals surface area contributed by atoms with Crippen molar-refractivity contribution in [1.29, 1.82) is 0 Å². The molecule has 1 unspecified atom stereocenters. The summed E-state index contributed by atoms with van der Waals surface area (Å²) in [6.45, 7) is 3.25. The van der Waals surface area contributed by atoms with Crippen LogP contribution in [0.2, 0.25) is 5.02 Å². The lowest BCUT2D eigenvalue weighted by atomic mass is 10.2. The SMILES string of the molecule is CN1CCOC(CNc2nc(-c3cccc(Cl)c3)no2)C1. The van der Waals surface area contributed by atoms with Crippen LogP contribution in [0, 0.1) is 0 Å². The van der Waals surface area contributed by atoms with Gasteiger partial charge in [0.2, 0.25) is 5.82 Å². The lowest BCUT2D eigenvalue weighted by Gasteiger charge is -2.29. The Labute approximate surface area is 128 Å². The first-order valence-corrected chi connectivity index (χ1v) is 7.22. The zero-order chi connectivity index (χ0) is 14.7. The van der Waals surface area contributed by atoms with E-state index in [1.807, 2.05) is 12.1 Å². The zero-order valence-electron chi connectivity index (χ0n) is 11.8. The average molecular weight is 309 g/mol. The Balaban J connectivity index is 1.60. The van der Waals surface area contributed by atoms with Crippen LogP contribution in [0.5, 0.6) is 0 Å². The molecule has 1 atom stereocenters. The summed E-state index contributed by atoms with van der Waals surface area (Å²) >= 11 is 5.95. The maximum absolute atomic E-state index is 5.95. The summed E-state index contributed by atoms with van der Waals surface area (Å²) in [5.74, 6) is 0.515. The molecule has 0 spiro atoms. The molecule has 0 aliphatic carbocycles. The first kappa shape index (κ1) is 14.3. The molecule has 112 valence electrons. The molecule has 1 aromatic heterocycles. The van der Waals surface area contributed by atoms with Gasteiger partial charge >= 0.3 is 6.01 Å². The maximum Gasteiger partial charge on any atom is 0.321 e. The second-order valence-electron chi connectivity index (χ2n) is 5.07. The average Bonchev–Trinajstić information content (AvgIpc) is 2.94. The molecule has 1 saturated heterocycles. The van der Waals surface area contributed by atoms with Gasteiger partial charge in [-0.25, -0.2) is 0 Å². The number of benzene rings is 1. The summed E-state index contributed by atoms with van der Waals surface area (Å²) in [6.07, 6.45) is 0.130. The first-order chi connectivity index (χ1) is 10.2. The van der Waals surface area contributed by atoms with Crippen molar-refractivity contribution >= 4 is 17.6 Å². The van der Waals surface area contributed by atoms with Gasteiger partial charge in [0, 0.05) is 30.2 Å². The second-order valence-corrected chi connectivity index (χ2v) is 5.51. The summed E-state index contributed by atoms with van der Waals surface area (Å²) in [5.41, 5.74) is 0.827. The molecule has 6 nitrogen and oxygen atoms in total. The highest BCUT2D eigenvalue weighted by Crippen LogP contribution is 2.21. The summed E-state index contributed by atoms with van der Waals surface area (Å²) in [7, 11) is 2.08. The van der Waals surface area contributed by atoms with E-state index in [0.717, 1.165) is 25.3 Å². The van der Waals surface area contributed by atoms with Crippen molar-refractivity contribution in [3.8, 4) is 11.4 Å². The smallest absolute Gasteiger partial charge is 0.321 e. The highest BCUT2D eigenvalue weighted by atomic mass is 35.5. The lowest BCUT2D eigenvalue weighted by Crippen LogP contribution is -2.43. The molecule has 0 amide bonds. The fourth-order valence-corrected chi connectivity index (χ4v) is 2.42. The van der Waals surface area contributed by atoms with Crippen molar-refractivity contribution in [3.63, 3.8) is 0 Å². The Kier molecular flexibility index (Phi) is 4.38. The number of anilines is 1. The van der Waals surface area contributed by atoms with E-state index in [1.165, 1.54) is 0 Å². The highest BCUT2D eigenvalue weighted by Gasteiger charge is 2.18. The molecule has 21 heavy (non-hydrogen) atoms. The molecule has 2 aromatic rings. The zero-order valence-corrected chi connectivity index (χ0v) is 12.5. The van der Waals surface area contributed by atoms with Gasteiger partial charge in [0.05, 0.1) is 12.7 Å². The molecule has 0 saturated carbocycles. The van der Waals surface area contributed by atoms with Crippen molar-refractivity contribution in [2.24, 2.45) is 0 Å². The number of ether oxygens (including phenoxy) is 1. The Morgan fingerprint density at radius 2 is 2.38 bits per heavy atom.